The molecule has 2 rings (SSSR count). The summed E-state index contributed by atoms with van der Waals surface area (Å²) in [6.45, 7) is 0. The molecule has 20 heavy (non-hydrogen) atoms. The average molecular weight is 395 g/mol. The maximum absolute atomic E-state index is 12.8. The molecule has 0 bridgehead atoms. The average Bonchev–Trinajstić information content (AvgIpc) is 2.68. The van der Waals surface area contributed by atoms with Crippen LogP contribution in [0.15, 0.2) is 30.5 Å². The Balaban J connectivity index is 2.31. The third-order valence-corrected chi connectivity index (χ3v) is 3.27. The van der Waals surface area contributed by atoms with E-state index in [1.807, 2.05) is 22.6 Å². The predicted octanol–water partition coefficient (Wildman–Crippen LogP) is 3.30. The molecule has 2 aromatic rings. The van der Waals surface area contributed by atoms with Crippen molar-refractivity contribution in [2.45, 2.75) is 6.18 Å². The molecule has 0 saturated heterocycles. The van der Waals surface area contributed by atoms with E-state index in [-0.39, 0.29) is 11.4 Å². The second-order valence-electron chi connectivity index (χ2n) is 4.00. The van der Waals surface area contributed by atoms with Gasteiger partial charge in [-0.25, -0.2) is 0 Å². The summed E-state index contributed by atoms with van der Waals surface area (Å²) < 4.78 is 40.4. The lowest BCUT2D eigenvalue weighted by atomic mass is 10.1. The minimum atomic E-state index is -4.53. The topological polar surface area (TPSA) is 46.9 Å². The molecule has 8 heteroatoms. The van der Waals surface area contributed by atoms with Crippen LogP contribution in [0.1, 0.15) is 16.1 Å². The van der Waals surface area contributed by atoms with Crippen LogP contribution >= 0.6 is 22.6 Å². The number of hydrogen-bond acceptors (Lipinski definition) is 2. The minimum absolute atomic E-state index is 0.0880. The van der Waals surface area contributed by atoms with Crippen molar-refractivity contribution in [2.75, 3.05) is 5.32 Å². The fourth-order valence-corrected chi connectivity index (χ4v) is 2.39. The number of rotatable bonds is 2. The summed E-state index contributed by atoms with van der Waals surface area (Å²) in [5, 5.41) is 6.16. The minimum Gasteiger partial charge on any atom is -0.320 e. The van der Waals surface area contributed by atoms with Crippen LogP contribution in [0, 0.1) is 3.57 Å². The Hall–Kier alpha value is -1.58. The van der Waals surface area contributed by atoms with E-state index in [2.05, 4.69) is 10.4 Å². The molecule has 0 unspecified atom stereocenters. The monoisotopic (exact) mass is 395 g/mol. The van der Waals surface area contributed by atoms with E-state index in [1.165, 1.54) is 22.9 Å². The van der Waals surface area contributed by atoms with E-state index in [9.17, 15) is 18.0 Å². The van der Waals surface area contributed by atoms with Crippen LogP contribution in [0.4, 0.5) is 18.9 Å². The Labute approximate surface area is 126 Å². The molecular formula is C12H9F3IN3O. The van der Waals surface area contributed by atoms with Gasteiger partial charge < -0.3 is 5.32 Å². The molecule has 1 N–H and O–H groups in total. The maximum Gasteiger partial charge on any atom is 0.418 e. The van der Waals surface area contributed by atoms with Crippen molar-refractivity contribution in [3.8, 4) is 0 Å². The molecule has 0 fully saturated rings. The number of hydrogen-bond donors (Lipinski definition) is 1. The summed E-state index contributed by atoms with van der Waals surface area (Å²) in [6, 6.07) is 4.81. The van der Waals surface area contributed by atoms with Gasteiger partial charge in [-0.2, -0.15) is 18.3 Å². The lowest BCUT2D eigenvalue weighted by Crippen LogP contribution is -2.18. The number of nitrogens with one attached hydrogen (secondary N) is 1. The number of carbonyl (C=O) groups excluding carboxylic acids is 1. The number of aromatic nitrogens is 2. The number of alkyl halides is 3. The quantitative estimate of drug-likeness (QED) is 0.794. The zero-order chi connectivity index (χ0) is 14.9. The second kappa shape index (κ2) is 5.43. The second-order valence-corrected chi connectivity index (χ2v) is 5.16. The van der Waals surface area contributed by atoms with Gasteiger partial charge in [-0.1, -0.05) is 12.1 Å². The third kappa shape index (κ3) is 3.11. The van der Waals surface area contributed by atoms with E-state index >= 15 is 0 Å². The van der Waals surface area contributed by atoms with E-state index in [0.29, 0.717) is 3.57 Å². The van der Waals surface area contributed by atoms with E-state index < -0.39 is 17.6 Å². The summed E-state index contributed by atoms with van der Waals surface area (Å²) >= 11 is 1.90. The molecule has 0 saturated carbocycles. The standard InChI is InChI=1S/C12H9F3IN3O/c1-19-6-8(16)10(18-19)11(20)17-9-5-3-2-4-7(9)12(13,14)15/h2-6H,1H3,(H,17,20). The van der Waals surface area contributed by atoms with Crippen molar-refractivity contribution >= 4 is 34.2 Å². The summed E-state index contributed by atoms with van der Waals surface area (Å²) in [7, 11) is 1.63. The van der Waals surface area contributed by atoms with E-state index in [4.69, 9.17) is 0 Å². The molecule has 0 aliphatic heterocycles. The number of benzene rings is 1. The van der Waals surface area contributed by atoms with Crippen LogP contribution in [0.3, 0.4) is 0 Å². The van der Waals surface area contributed by atoms with Crippen LogP contribution < -0.4 is 5.32 Å². The van der Waals surface area contributed by atoms with Gasteiger partial charge in [0, 0.05) is 13.2 Å². The van der Waals surface area contributed by atoms with Crippen molar-refractivity contribution in [1.29, 1.82) is 0 Å². The predicted molar refractivity (Wildman–Crippen MR) is 75.3 cm³/mol. The Morgan fingerprint density at radius 1 is 1.35 bits per heavy atom. The summed E-state index contributed by atoms with van der Waals surface area (Å²) in [6.07, 6.45) is -2.92. The first kappa shape index (κ1) is 14.8. The fraction of sp³-hybridized carbons (Fsp3) is 0.167. The lowest BCUT2D eigenvalue weighted by molar-refractivity contribution is -0.136. The zero-order valence-electron chi connectivity index (χ0n) is 10.2. The molecule has 106 valence electrons. The molecule has 4 nitrogen and oxygen atoms in total. The SMILES string of the molecule is Cn1cc(I)c(C(=O)Nc2ccccc2C(F)(F)F)n1. The third-order valence-electron chi connectivity index (χ3n) is 2.48. The van der Waals surface area contributed by atoms with Gasteiger partial charge in [-0.15, -0.1) is 0 Å². The van der Waals surface area contributed by atoms with E-state index in [0.717, 1.165) is 6.07 Å². The Kier molecular flexibility index (Phi) is 4.02. The van der Waals surface area contributed by atoms with Gasteiger partial charge >= 0.3 is 6.18 Å². The highest BCUT2D eigenvalue weighted by Gasteiger charge is 2.33. The van der Waals surface area contributed by atoms with Crippen molar-refractivity contribution in [2.24, 2.45) is 7.05 Å². The normalized spacial score (nSPS) is 11.4. The fourth-order valence-electron chi connectivity index (χ4n) is 1.63. The molecular weight excluding hydrogens is 386 g/mol. The number of amides is 1. The molecule has 1 aromatic carbocycles. The number of halogens is 4. The first-order valence-corrected chi connectivity index (χ1v) is 6.53. The van der Waals surface area contributed by atoms with Gasteiger partial charge in [0.15, 0.2) is 5.69 Å². The van der Waals surface area contributed by atoms with Gasteiger partial charge in [0.1, 0.15) is 0 Å². The van der Waals surface area contributed by atoms with Crippen LogP contribution in [0.25, 0.3) is 0 Å². The number of para-hydroxylation sites is 1. The van der Waals surface area contributed by atoms with Crippen LogP contribution in [0.2, 0.25) is 0 Å². The Morgan fingerprint density at radius 3 is 2.55 bits per heavy atom. The molecule has 0 spiro atoms. The highest BCUT2D eigenvalue weighted by atomic mass is 127. The maximum atomic E-state index is 12.8. The molecule has 0 aliphatic rings. The summed E-state index contributed by atoms with van der Waals surface area (Å²) in [5.74, 6) is -0.674. The molecule has 0 aliphatic carbocycles. The molecule has 1 heterocycles. The molecule has 1 aromatic heterocycles. The number of aryl methyl sites for hydroxylation is 1. The number of nitrogens with zero attached hydrogens (tertiary/aromatic N) is 2. The Morgan fingerprint density at radius 2 is 2.00 bits per heavy atom. The van der Waals surface area contributed by atoms with Crippen molar-refractivity contribution in [3.63, 3.8) is 0 Å². The smallest absolute Gasteiger partial charge is 0.320 e. The van der Waals surface area contributed by atoms with Gasteiger partial charge in [0.25, 0.3) is 5.91 Å². The number of anilines is 1. The van der Waals surface area contributed by atoms with Crippen molar-refractivity contribution in [1.82, 2.24) is 9.78 Å². The zero-order valence-corrected chi connectivity index (χ0v) is 12.4. The highest BCUT2D eigenvalue weighted by Crippen LogP contribution is 2.34. The van der Waals surface area contributed by atoms with E-state index in [1.54, 1.807) is 13.2 Å². The van der Waals surface area contributed by atoms with Gasteiger partial charge in [-0.3, -0.25) is 9.48 Å². The molecule has 1 amide bonds. The van der Waals surface area contributed by atoms with Gasteiger partial charge in [-0.05, 0) is 34.7 Å². The van der Waals surface area contributed by atoms with Crippen LogP contribution in [-0.2, 0) is 13.2 Å². The highest BCUT2D eigenvalue weighted by molar-refractivity contribution is 14.1. The number of carbonyl (C=O) groups is 1. The van der Waals surface area contributed by atoms with Crippen LogP contribution in [0.5, 0.6) is 0 Å². The van der Waals surface area contributed by atoms with Crippen LogP contribution in [-0.4, -0.2) is 15.7 Å². The Bertz CT molecular complexity index is 652. The molecule has 0 atom stereocenters. The van der Waals surface area contributed by atoms with Gasteiger partial charge in [0.2, 0.25) is 0 Å². The summed E-state index contributed by atoms with van der Waals surface area (Å²) in [4.78, 5) is 12.0. The van der Waals surface area contributed by atoms with Gasteiger partial charge in [0.05, 0.1) is 14.8 Å². The first-order valence-electron chi connectivity index (χ1n) is 5.46. The first-order chi connectivity index (χ1) is 9.29. The summed E-state index contributed by atoms with van der Waals surface area (Å²) in [5.41, 5.74) is -1.09. The molecule has 0 radical (unpaired) electrons. The van der Waals surface area contributed by atoms with Crippen molar-refractivity contribution < 1.29 is 18.0 Å². The largest absolute Gasteiger partial charge is 0.418 e. The lowest BCUT2D eigenvalue weighted by Gasteiger charge is -2.12. The van der Waals surface area contributed by atoms with Crippen molar-refractivity contribution in [3.05, 3.63) is 45.3 Å².